The standard InChI is InChI=1S/C18H23F3N2O2.ClH/c1-2-9-23(12-7-8-22-11-12)17(24)15-10-14(15)13-5-3-4-6-16(13)25-18(19,20)21;/h3-6,12,14-15,22H,2,7-11H2,1H3;1H. The average molecular weight is 393 g/mol. The molecule has 1 aliphatic heterocycles. The van der Waals surface area contributed by atoms with Crippen molar-refractivity contribution in [2.45, 2.75) is 44.5 Å². The lowest BCUT2D eigenvalue weighted by Gasteiger charge is -2.28. The van der Waals surface area contributed by atoms with Gasteiger partial charge in [0, 0.05) is 25.0 Å². The summed E-state index contributed by atoms with van der Waals surface area (Å²) in [5.74, 6) is -0.577. The number of carbonyl (C=O) groups excluding carboxylic acids is 1. The minimum absolute atomic E-state index is 0. The van der Waals surface area contributed by atoms with Gasteiger partial charge in [0.25, 0.3) is 0 Å². The van der Waals surface area contributed by atoms with Crippen LogP contribution in [0.25, 0.3) is 0 Å². The number of rotatable bonds is 6. The van der Waals surface area contributed by atoms with Crippen molar-refractivity contribution in [3.8, 4) is 5.75 Å². The fraction of sp³-hybridized carbons (Fsp3) is 0.611. The van der Waals surface area contributed by atoms with Crippen LogP contribution in [0, 0.1) is 5.92 Å². The first kappa shape index (κ1) is 20.8. The van der Waals surface area contributed by atoms with Gasteiger partial charge in [-0.1, -0.05) is 25.1 Å². The van der Waals surface area contributed by atoms with Crippen molar-refractivity contribution in [2.75, 3.05) is 19.6 Å². The Morgan fingerprint density at radius 2 is 2.08 bits per heavy atom. The Bertz CT molecular complexity index is 621. The van der Waals surface area contributed by atoms with Crippen LogP contribution in [0.15, 0.2) is 24.3 Å². The zero-order chi connectivity index (χ0) is 18.0. The number of hydrogen-bond acceptors (Lipinski definition) is 3. The summed E-state index contributed by atoms with van der Waals surface area (Å²) in [6.45, 7) is 4.40. The summed E-state index contributed by atoms with van der Waals surface area (Å²) in [5.41, 5.74) is 0.471. The number of nitrogens with one attached hydrogen (secondary N) is 1. The maximum Gasteiger partial charge on any atom is 0.573 e. The lowest BCUT2D eigenvalue weighted by atomic mass is 10.1. The molecule has 146 valence electrons. The van der Waals surface area contributed by atoms with Crippen molar-refractivity contribution in [2.24, 2.45) is 5.92 Å². The molecule has 8 heteroatoms. The van der Waals surface area contributed by atoms with E-state index >= 15 is 0 Å². The number of para-hydroxylation sites is 1. The van der Waals surface area contributed by atoms with Crippen molar-refractivity contribution in [3.05, 3.63) is 29.8 Å². The largest absolute Gasteiger partial charge is 0.573 e. The highest BCUT2D eigenvalue weighted by molar-refractivity contribution is 5.85. The van der Waals surface area contributed by atoms with E-state index in [4.69, 9.17) is 0 Å². The van der Waals surface area contributed by atoms with E-state index in [1.165, 1.54) is 12.1 Å². The van der Waals surface area contributed by atoms with Crippen LogP contribution in [0.1, 0.15) is 37.7 Å². The second-order valence-corrected chi connectivity index (χ2v) is 6.71. The van der Waals surface area contributed by atoms with Gasteiger partial charge in [0.05, 0.1) is 0 Å². The van der Waals surface area contributed by atoms with Gasteiger partial charge in [0.15, 0.2) is 0 Å². The SMILES string of the molecule is CCCN(C(=O)C1CC1c1ccccc1OC(F)(F)F)C1CCNC1.Cl. The van der Waals surface area contributed by atoms with Crippen LogP contribution in [0.5, 0.6) is 5.75 Å². The van der Waals surface area contributed by atoms with Gasteiger partial charge in [0.2, 0.25) is 5.91 Å². The maximum absolute atomic E-state index is 12.9. The predicted octanol–water partition coefficient (Wildman–Crippen LogP) is 3.71. The molecule has 0 aromatic heterocycles. The van der Waals surface area contributed by atoms with Crippen LogP contribution in [0.4, 0.5) is 13.2 Å². The molecule has 1 saturated heterocycles. The summed E-state index contributed by atoms with van der Waals surface area (Å²) in [6.07, 6.45) is -2.35. The Hall–Kier alpha value is -1.47. The fourth-order valence-electron chi connectivity index (χ4n) is 3.65. The zero-order valence-electron chi connectivity index (χ0n) is 14.6. The smallest absolute Gasteiger partial charge is 0.405 e. The van der Waals surface area contributed by atoms with Gasteiger partial charge >= 0.3 is 6.36 Å². The van der Waals surface area contributed by atoms with Gasteiger partial charge < -0.3 is 15.0 Å². The molecule has 0 bridgehead atoms. The Labute approximate surface area is 157 Å². The minimum Gasteiger partial charge on any atom is -0.405 e. The third-order valence-electron chi connectivity index (χ3n) is 4.87. The van der Waals surface area contributed by atoms with E-state index in [0.717, 1.165) is 25.9 Å². The molecule has 3 atom stereocenters. The van der Waals surface area contributed by atoms with E-state index in [1.807, 2.05) is 11.8 Å². The summed E-state index contributed by atoms with van der Waals surface area (Å²) in [5, 5.41) is 3.26. The zero-order valence-corrected chi connectivity index (χ0v) is 15.4. The summed E-state index contributed by atoms with van der Waals surface area (Å²) in [4.78, 5) is 14.8. The van der Waals surface area contributed by atoms with E-state index in [9.17, 15) is 18.0 Å². The molecule has 1 heterocycles. The molecule has 1 aliphatic carbocycles. The van der Waals surface area contributed by atoms with Crippen LogP contribution in [-0.4, -0.2) is 42.8 Å². The number of benzene rings is 1. The number of carbonyl (C=O) groups is 1. The molecule has 1 aromatic carbocycles. The lowest BCUT2D eigenvalue weighted by Crippen LogP contribution is -2.43. The van der Waals surface area contributed by atoms with Crippen molar-refractivity contribution >= 4 is 18.3 Å². The second-order valence-electron chi connectivity index (χ2n) is 6.71. The topological polar surface area (TPSA) is 41.6 Å². The molecule has 0 spiro atoms. The molecule has 3 rings (SSSR count). The average Bonchev–Trinajstić information content (AvgIpc) is 3.16. The van der Waals surface area contributed by atoms with Crippen molar-refractivity contribution in [1.29, 1.82) is 0 Å². The molecule has 0 radical (unpaired) electrons. The molecule has 2 fully saturated rings. The molecule has 3 unspecified atom stereocenters. The first-order valence-corrected chi connectivity index (χ1v) is 8.76. The van der Waals surface area contributed by atoms with Crippen molar-refractivity contribution in [3.63, 3.8) is 0 Å². The first-order chi connectivity index (χ1) is 11.9. The minimum atomic E-state index is -4.73. The Morgan fingerprint density at radius 1 is 1.35 bits per heavy atom. The molecule has 1 saturated carbocycles. The number of nitrogens with zero attached hydrogens (tertiary/aromatic N) is 1. The molecule has 1 N–H and O–H groups in total. The first-order valence-electron chi connectivity index (χ1n) is 8.76. The summed E-state index contributed by atoms with van der Waals surface area (Å²) >= 11 is 0. The normalized spacial score (nSPS) is 24.7. The monoisotopic (exact) mass is 392 g/mol. The number of alkyl halides is 3. The van der Waals surface area contributed by atoms with Crippen LogP contribution >= 0.6 is 12.4 Å². The van der Waals surface area contributed by atoms with Crippen LogP contribution in [0.2, 0.25) is 0 Å². The van der Waals surface area contributed by atoms with E-state index < -0.39 is 6.36 Å². The Balaban J connectivity index is 0.00000243. The molecule has 2 aliphatic rings. The van der Waals surface area contributed by atoms with Crippen molar-refractivity contribution < 1.29 is 22.7 Å². The van der Waals surface area contributed by atoms with E-state index in [0.29, 0.717) is 18.5 Å². The summed E-state index contributed by atoms with van der Waals surface area (Å²) < 4.78 is 41.9. The van der Waals surface area contributed by atoms with Gasteiger partial charge in [0.1, 0.15) is 5.75 Å². The highest BCUT2D eigenvalue weighted by Gasteiger charge is 2.48. The Morgan fingerprint density at radius 3 is 2.69 bits per heavy atom. The number of halogens is 4. The third-order valence-corrected chi connectivity index (χ3v) is 4.87. The third kappa shape index (κ3) is 4.82. The molecule has 1 amide bonds. The summed E-state index contributed by atoms with van der Waals surface area (Å²) in [6, 6.07) is 6.32. The van der Waals surface area contributed by atoms with Gasteiger partial charge in [-0.3, -0.25) is 4.79 Å². The van der Waals surface area contributed by atoms with Crippen LogP contribution < -0.4 is 10.1 Å². The van der Waals surface area contributed by atoms with Gasteiger partial charge in [-0.15, -0.1) is 25.6 Å². The maximum atomic E-state index is 12.9. The predicted molar refractivity (Wildman–Crippen MR) is 94.5 cm³/mol. The Kier molecular flexibility index (Phi) is 6.80. The van der Waals surface area contributed by atoms with E-state index in [2.05, 4.69) is 10.1 Å². The van der Waals surface area contributed by atoms with Crippen molar-refractivity contribution in [1.82, 2.24) is 10.2 Å². The molecule has 1 aromatic rings. The summed E-state index contributed by atoms with van der Waals surface area (Å²) in [7, 11) is 0. The molecular weight excluding hydrogens is 369 g/mol. The van der Waals surface area contributed by atoms with Crippen LogP contribution in [0.3, 0.4) is 0 Å². The highest BCUT2D eigenvalue weighted by atomic mass is 35.5. The quantitative estimate of drug-likeness (QED) is 0.802. The van der Waals surface area contributed by atoms with Gasteiger partial charge in [-0.05, 0) is 43.4 Å². The van der Waals surface area contributed by atoms with E-state index in [1.54, 1.807) is 12.1 Å². The number of hydrogen-bond donors (Lipinski definition) is 1. The highest BCUT2D eigenvalue weighted by Crippen LogP contribution is 2.52. The van der Waals surface area contributed by atoms with E-state index in [-0.39, 0.29) is 41.9 Å². The molecule has 26 heavy (non-hydrogen) atoms. The van der Waals surface area contributed by atoms with Gasteiger partial charge in [-0.25, -0.2) is 0 Å². The fourth-order valence-corrected chi connectivity index (χ4v) is 3.65. The lowest BCUT2D eigenvalue weighted by molar-refractivity contribution is -0.274. The second kappa shape index (κ2) is 8.48. The van der Waals surface area contributed by atoms with Gasteiger partial charge in [-0.2, -0.15) is 0 Å². The number of ether oxygens (including phenoxy) is 1. The molecular formula is C18H24ClF3N2O2. The number of amides is 1. The molecule has 4 nitrogen and oxygen atoms in total. The van der Waals surface area contributed by atoms with Crippen LogP contribution in [-0.2, 0) is 4.79 Å².